The standard InChI is InChI=1S/C16H29NO3/c1-15(2)10-13(11-16(3,4)17(15)19)20-14(18)12-8-6-5-7-9-12/h12-13,19H,5-11H2,1-4H3. The van der Waals surface area contributed by atoms with Crippen LogP contribution in [0.15, 0.2) is 0 Å². The van der Waals surface area contributed by atoms with Gasteiger partial charge in [0.1, 0.15) is 6.10 Å². The molecular weight excluding hydrogens is 254 g/mol. The summed E-state index contributed by atoms with van der Waals surface area (Å²) in [7, 11) is 0. The lowest BCUT2D eigenvalue weighted by Gasteiger charge is -2.51. The summed E-state index contributed by atoms with van der Waals surface area (Å²) in [5.74, 6) is 0.0785. The SMILES string of the molecule is CC1(C)CC(OC(=O)C2CCCCC2)CC(C)(C)N1O. The van der Waals surface area contributed by atoms with Crippen molar-refractivity contribution in [3.05, 3.63) is 0 Å². The topological polar surface area (TPSA) is 49.8 Å². The van der Waals surface area contributed by atoms with Crippen LogP contribution in [0.3, 0.4) is 0 Å². The Hall–Kier alpha value is -0.610. The smallest absolute Gasteiger partial charge is 0.309 e. The largest absolute Gasteiger partial charge is 0.462 e. The molecule has 0 aromatic carbocycles. The molecule has 1 aliphatic heterocycles. The number of esters is 1. The van der Waals surface area contributed by atoms with E-state index in [-0.39, 0.29) is 29.1 Å². The number of hydroxylamine groups is 2. The number of carbonyl (C=O) groups is 1. The van der Waals surface area contributed by atoms with Gasteiger partial charge in [0.25, 0.3) is 0 Å². The van der Waals surface area contributed by atoms with E-state index in [1.165, 1.54) is 11.5 Å². The van der Waals surface area contributed by atoms with E-state index >= 15 is 0 Å². The van der Waals surface area contributed by atoms with Crippen LogP contribution in [0.2, 0.25) is 0 Å². The zero-order chi connectivity index (χ0) is 15.0. The summed E-state index contributed by atoms with van der Waals surface area (Å²) < 4.78 is 5.77. The van der Waals surface area contributed by atoms with Crippen LogP contribution in [0.5, 0.6) is 0 Å². The molecule has 0 radical (unpaired) electrons. The maximum absolute atomic E-state index is 12.3. The van der Waals surface area contributed by atoms with Crippen molar-refractivity contribution in [3.63, 3.8) is 0 Å². The second-order valence-electron chi connectivity index (χ2n) is 7.74. The highest BCUT2D eigenvalue weighted by molar-refractivity contribution is 5.72. The first kappa shape index (κ1) is 15.8. The Bertz CT molecular complexity index is 341. The average Bonchev–Trinajstić information content (AvgIpc) is 2.36. The van der Waals surface area contributed by atoms with Crippen LogP contribution in [0.25, 0.3) is 0 Å². The molecular formula is C16H29NO3. The number of hydrogen-bond acceptors (Lipinski definition) is 4. The highest BCUT2D eigenvalue weighted by Crippen LogP contribution is 2.38. The summed E-state index contributed by atoms with van der Waals surface area (Å²) in [6.07, 6.45) is 6.77. The van der Waals surface area contributed by atoms with Crippen molar-refractivity contribution < 1.29 is 14.7 Å². The zero-order valence-electron chi connectivity index (χ0n) is 13.3. The van der Waals surface area contributed by atoms with Crippen molar-refractivity contribution in [3.8, 4) is 0 Å². The molecule has 2 aliphatic rings. The molecule has 20 heavy (non-hydrogen) atoms. The molecule has 1 heterocycles. The van der Waals surface area contributed by atoms with Crippen molar-refractivity contribution >= 4 is 5.97 Å². The van der Waals surface area contributed by atoms with Crippen molar-refractivity contribution in [2.45, 2.75) is 89.8 Å². The third-order valence-electron chi connectivity index (χ3n) is 4.82. The van der Waals surface area contributed by atoms with Crippen molar-refractivity contribution in [1.29, 1.82) is 0 Å². The molecule has 2 rings (SSSR count). The predicted octanol–water partition coefficient (Wildman–Crippen LogP) is 3.52. The fraction of sp³-hybridized carbons (Fsp3) is 0.938. The van der Waals surface area contributed by atoms with Gasteiger partial charge in [-0.05, 0) is 40.5 Å². The van der Waals surface area contributed by atoms with Crippen molar-refractivity contribution in [2.75, 3.05) is 0 Å². The van der Waals surface area contributed by atoms with E-state index in [0.29, 0.717) is 12.8 Å². The molecule has 0 unspecified atom stereocenters. The van der Waals surface area contributed by atoms with Crippen LogP contribution >= 0.6 is 0 Å². The summed E-state index contributed by atoms with van der Waals surface area (Å²) in [4.78, 5) is 12.3. The summed E-state index contributed by atoms with van der Waals surface area (Å²) in [5, 5.41) is 11.7. The van der Waals surface area contributed by atoms with Gasteiger partial charge in [-0.25, -0.2) is 0 Å². The molecule has 1 saturated carbocycles. The fourth-order valence-electron chi connectivity index (χ4n) is 3.86. The van der Waals surface area contributed by atoms with Crippen LogP contribution in [0.1, 0.15) is 72.6 Å². The summed E-state index contributed by atoms with van der Waals surface area (Å²) in [5.41, 5.74) is -0.724. The minimum Gasteiger partial charge on any atom is -0.462 e. The molecule has 0 bridgehead atoms. The van der Waals surface area contributed by atoms with Crippen LogP contribution in [0.4, 0.5) is 0 Å². The minimum atomic E-state index is -0.362. The Morgan fingerprint density at radius 1 is 1.05 bits per heavy atom. The normalized spacial score (nSPS) is 28.2. The Balaban J connectivity index is 1.97. The van der Waals surface area contributed by atoms with Crippen molar-refractivity contribution in [2.24, 2.45) is 5.92 Å². The predicted molar refractivity (Wildman–Crippen MR) is 77.5 cm³/mol. The molecule has 1 aliphatic carbocycles. The van der Waals surface area contributed by atoms with E-state index < -0.39 is 0 Å². The Labute approximate surface area is 122 Å². The maximum Gasteiger partial charge on any atom is 0.309 e. The van der Waals surface area contributed by atoms with Crippen LogP contribution in [-0.2, 0) is 9.53 Å². The molecule has 0 aromatic rings. The molecule has 4 nitrogen and oxygen atoms in total. The lowest BCUT2D eigenvalue weighted by molar-refractivity contribution is -0.260. The van der Waals surface area contributed by atoms with Gasteiger partial charge >= 0.3 is 5.97 Å². The molecule has 1 N–H and O–H groups in total. The molecule has 4 heteroatoms. The zero-order valence-corrected chi connectivity index (χ0v) is 13.3. The van der Waals surface area contributed by atoms with Gasteiger partial charge in [0.2, 0.25) is 0 Å². The first-order valence-electron chi connectivity index (χ1n) is 7.92. The van der Waals surface area contributed by atoms with Gasteiger partial charge in [0.15, 0.2) is 0 Å². The van der Waals surface area contributed by atoms with E-state index in [4.69, 9.17) is 4.74 Å². The summed E-state index contributed by atoms with van der Waals surface area (Å²) >= 11 is 0. The molecule has 0 amide bonds. The van der Waals surface area contributed by atoms with Gasteiger partial charge in [-0.3, -0.25) is 4.79 Å². The monoisotopic (exact) mass is 283 g/mol. The molecule has 1 saturated heterocycles. The minimum absolute atomic E-state index is 0.0207. The number of nitrogens with zero attached hydrogens (tertiary/aromatic N) is 1. The number of carbonyl (C=O) groups excluding carboxylic acids is 1. The quantitative estimate of drug-likeness (QED) is 0.788. The van der Waals surface area contributed by atoms with E-state index in [9.17, 15) is 10.0 Å². The first-order chi connectivity index (χ1) is 9.22. The lowest BCUT2D eigenvalue weighted by atomic mass is 9.80. The van der Waals surface area contributed by atoms with Gasteiger partial charge in [0, 0.05) is 23.9 Å². The maximum atomic E-state index is 12.3. The second-order valence-corrected chi connectivity index (χ2v) is 7.74. The lowest BCUT2D eigenvalue weighted by Crippen LogP contribution is -2.60. The van der Waals surface area contributed by atoms with E-state index in [1.54, 1.807) is 0 Å². The molecule has 2 fully saturated rings. The number of hydrogen-bond donors (Lipinski definition) is 1. The molecule has 0 atom stereocenters. The van der Waals surface area contributed by atoms with E-state index in [2.05, 4.69) is 0 Å². The Morgan fingerprint density at radius 2 is 1.55 bits per heavy atom. The van der Waals surface area contributed by atoms with Crippen molar-refractivity contribution in [1.82, 2.24) is 5.06 Å². The fourth-order valence-corrected chi connectivity index (χ4v) is 3.86. The first-order valence-corrected chi connectivity index (χ1v) is 7.92. The second kappa shape index (κ2) is 5.64. The van der Waals surface area contributed by atoms with Crippen LogP contribution < -0.4 is 0 Å². The van der Waals surface area contributed by atoms with Gasteiger partial charge in [-0.2, -0.15) is 5.06 Å². The Kier molecular flexibility index (Phi) is 4.45. The van der Waals surface area contributed by atoms with E-state index in [0.717, 1.165) is 25.7 Å². The van der Waals surface area contributed by atoms with Gasteiger partial charge in [-0.1, -0.05) is 19.3 Å². The number of rotatable bonds is 2. The van der Waals surface area contributed by atoms with Crippen LogP contribution in [0, 0.1) is 5.92 Å². The highest BCUT2D eigenvalue weighted by Gasteiger charge is 2.46. The summed E-state index contributed by atoms with van der Waals surface area (Å²) in [6.45, 7) is 7.98. The third kappa shape index (κ3) is 3.34. The summed E-state index contributed by atoms with van der Waals surface area (Å²) in [6, 6.07) is 0. The third-order valence-corrected chi connectivity index (χ3v) is 4.82. The highest BCUT2D eigenvalue weighted by atomic mass is 16.5. The molecule has 116 valence electrons. The number of ether oxygens (including phenoxy) is 1. The van der Waals surface area contributed by atoms with Crippen LogP contribution in [-0.4, -0.2) is 33.4 Å². The van der Waals surface area contributed by atoms with E-state index in [1.807, 2.05) is 27.7 Å². The average molecular weight is 283 g/mol. The van der Waals surface area contributed by atoms with Gasteiger partial charge in [0.05, 0.1) is 5.92 Å². The molecule has 0 aromatic heterocycles. The molecule has 0 spiro atoms. The van der Waals surface area contributed by atoms with Gasteiger partial charge < -0.3 is 9.94 Å². The van der Waals surface area contributed by atoms with Gasteiger partial charge in [-0.15, -0.1) is 0 Å². The number of piperidine rings is 1. The Morgan fingerprint density at radius 3 is 2.05 bits per heavy atom.